The highest BCUT2D eigenvalue weighted by molar-refractivity contribution is 5.54. The number of nitrogens with two attached hydrogens (primary N) is 1. The highest BCUT2D eigenvalue weighted by Gasteiger charge is 2.14. The molecule has 1 aliphatic rings. The van der Waals surface area contributed by atoms with Crippen molar-refractivity contribution in [2.24, 2.45) is 5.92 Å². The Labute approximate surface area is 122 Å². The van der Waals surface area contributed by atoms with Gasteiger partial charge in [0.25, 0.3) is 0 Å². The summed E-state index contributed by atoms with van der Waals surface area (Å²) in [5.74, 6) is 3.59. The lowest BCUT2D eigenvalue weighted by atomic mass is 10.0. The van der Waals surface area contributed by atoms with E-state index in [9.17, 15) is 0 Å². The Kier molecular flexibility index (Phi) is 5.21. The zero-order valence-electron chi connectivity index (χ0n) is 13.1. The van der Waals surface area contributed by atoms with E-state index in [1.54, 1.807) is 0 Å². The van der Waals surface area contributed by atoms with Gasteiger partial charge < -0.3 is 11.1 Å². The van der Waals surface area contributed by atoms with Gasteiger partial charge in [0.15, 0.2) is 0 Å². The maximum absolute atomic E-state index is 5.97. The van der Waals surface area contributed by atoms with Crippen LogP contribution < -0.4 is 11.1 Å². The first-order valence-electron chi connectivity index (χ1n) is 7.95. The fourth-order valence-electron chi connectivity index (χ4n) is 2.88. The van der Waals surface area contributed by atoms with Crippen LogP contribution in [0.3, 0.4) is 0 Å². The second-order valence-corrected chi connectivity index (χ2v) is 6.31. The zero-order valence-corrected chi connectivity index (χ0v) is 13.1. The summed E-state index contributed by atoms with van der Waals surface area (Å²) in [7, 11) is 0. The minimum atomic E-state index is 0.303. The van der Waals surface area contributed by atoms with Gasteiger partial charge in [0, 0.05) is 18.0 Å². The van der Waals surface area contributed by atoms with Crippen molar-refractivity contribution >= 4 is 11.6 Å². The quantitative estimate of drug-likeness (QED) is 0.774. The molecule has 0 bridgehead atoms. The number of hydrogen-bond donors (Lipinski definition) is 2. The Morgan fingerprint density at radius 1 is 1.25 bits per heavy atom. The first-order valence-corrected chi connectivity index (χ1v) is 7.95. The number of anilines is 2. The molecule has 0 atom stereocenters. The van der Waals surface area contributed by atoms with Gasteiger partial charge in [0.05, 0.1) is 0 Å². The van der Waals surface area contributed by atoms with Crippen LogP contribution in [0.5, 0.6) is 0 Å². The number of nitrogen functional groups attached to an aromatic ring is 1. The molecule has 1 aliphatic carbocycles. The first kappa shape index (κ1) is 15.1. The van der Waals surface area contributed by atoms with Crippen molar-refractivity contribution in [3.8, 4) is 0 Å². The van der Waals surface area contributed by atoms with E-state index < -0.39 is 0 Å². The lowest BCUT2D eigenvalue weighted by Gasteiger charge is -2.14. The minimum absolute atomic E-state index is 0.303. The molecule has 0 spiro atoms. The van der Waals surface area contributed by atoms with Crippen LogP contribution in [0, 0.1) is 12.8 Å². The van der Waals surface area contributed by atoms with Gasteiger partial charge in [0.2, 0.25) is 0 Å². The number of nitrogens with one attached hydrogen (secondary N) is 1. The van der Waals surface area contributed by atoms with Crippen LogP contribution in [0.1, 0.15) is 69.7 Å². The van der Waals surface area contributed by atoms with E-state index in [0.717, 1.165) is 29.7 Å². The fraction of sp³-hybridized carbons (Fsp3) is 0.750. The van der Waals surface area contributed by atoms with Gasteiger partial charge in [-0.1, -0.05) is 39.5 Å². The SMILES string of the molecule is Cc1c(N)nc(C(C)C)nc1NCCCC1CCCC1. The molecule has 1 fully saturated rings. The maximum atomic E-state index is 5.97. The Hall–Kier alpha value is -1.32. The molecule has 0 amide bonds. The summed E-state index contributed by atoms with van der Waals surface area (Å²) in [5.41, 5.74) is 6.94. The number of nitrogens with zero attached hydrogens (tertiary/aromatic N) is 2. The second-order valence-electron chi connectivity index (χ2n) is 6.31. The average Bonchev–Trinajstić information content (AvgIpc) is 2.92. The van der Waals surface area contributed by atoms with Crippen LogP contribution >= 0.6 is 0 Å². The summed E-state index contributed by atoms with van der Waals surface area (Å²) in [6.07, 6.45) is 8.26. The van der Waals surface area contributed by atoms with Crippen molar-refractivity contribution in [2.45, 2.75) is 65.2 Å². The molecule has 0 saturated heterocycles. The molecule has 1 aromatic heterocycles. The van der Waals surface area contributed by atoms with Crippen LogP contribution in [0.25, 0.3) is 0 Å². The van der Waals surface area contributed by atoms with Crippen molar-refractivity contribution in [2.75, 3.05) is 17.6 Å². The standard InChI is InChI=1S/C16H28N4/c1-11(2)15-19-14(17)12(3)16(20-15)18-10-6-9-13-7-4-5-8-13/h11,13H,4-10H2,1-3H3,(H3,17,18,19,20). The van der Waals surface area contributed by atoms with E-state index in [1.165, 1.54) is 38.5 Å². The molecule has 112 valence electrons. The van der Waals surface area contributed by atoms with Gasteiger partial charge in [-0.05, 0) is 25.7 Å². The Bertz CT molecular complexity index is 436. The molecule has 4 heteroatoms. The topological polar surface area (TPSA) is 63.8 Å². The molecule has 20 heavy (non-hydrogen) atoms. The van der Waals surface area contributed by atoms with E-state index in [2.05, 4.69) is 29.1 Å². The Morgan fingerprint density at radius 3 is 2.60 bits per heavy atom. The van der Waals surface area contributed by atoms with Crippen LogP contribution in [0.15, 0.2) is 0 Å². The zero-order chi connectivity index (χ0) is 14.5. The van der Waals surface area contributed by atoms with Gasteiger partial charge in [0.1, 0.15) is 17.5 Å². The van der Waals surface area contributed by atoms with E-state index in [4.69, 9.17) is 5.73 Å². The van der Waals surface area contributed by atoms with Crippen molar-refractivity contribution in [1.82, 2.24) is 9.97 Å². The number of rotatable bonds is 6. The third kappa shape index (κ3) is 3.84. The van der Waals surface area contributed by atoms with Crippen molar-refractivity contribution in [3.05, 3.63) is 11.4 Å². The van der Waals surface area contributed by atoms with E-state index in [1.807, 2.05) is 6.92 Å². The predicted octanol–water partition coefficient (Wildman–Crippen LogP) is 3.87. The average molecular weight is 276 g/mol. The fourth-order valence-corrected chi connectivity index (χ4v) is 2.88. The van der Waals surface area contributed by atoms with Gasteiger partial charge in [-0.3, -0.25) is 0 Å². The number of hydrogen-bond acceptors (Lipinski definition) is 4. The largest absolute Gasteiger partial charge is 0.383 e. The predicted molar refractivity (Wildman–Crippen MR) is 85.0 cm³/mol. The van der Waals surface area contributed by atoms with Gasteiger partial charge in [-0.25, -0.2) is 9.97 Å². The smallest absolute Gasteiger partial charge is 0.135 e. The normalized spacial score (nSPS) is 16.0. The molecule has 1 saturated carbocycles. The van der Waals surface area contributed by atoms with Gasteiger partial charge in [-0.15, -0.1) is 0 Å². The molecule has 2 rings (SSSR count). The molecular formula is C16H28N4. The summed E-state index contributed by atoms with van der Waals surface area (Å²) in [5, 5.41) is 3.44. The first-order chi connectivity index (χ1) is 9.58. The molecule has 3 N–H and O–H groups in total. The summed E-state index contributed by atoms with van der Waals surface area (Å²) >= 11 is 0. The maximum Gasteiger partial charge on any atom is 0.135 e. The lowest BCUT2D eigenvalue weighted by Crippen LogP contribution is -2.12. The molecule has 0 unspecified atom stereocenters. The molecule has 0 aliphatic heterocycles. The lowest BCUT2D eigenvalue weighted by molar-refractivity contribution is 0.491. The highest BCUT2D eigenvalue weighted by atomic mass is 15.1. The van der Waals surface area contributed by atoms with E-state index >= 15 is 0 Å². The molecule has 1 aromatic rings. The molecule has 0 aromatic carbocycles. The summed E-state index contributed by atoms with van der Waals surface area (Å²) in [6, 6.07) is 0. The minimum Gasteiger partial charge on any atom is -0.383 e. The second kappa shape index (κ2) is 6.91. The third-order valence-corrected chi connectivity index (χ3v) is 4.27. The third-order valence-electron chi connectivity index (χ3n) is 4.27. The van der Waals surface area contributed by atoms with Crippen molar-refractivity contribution in [3.63, 3.8) is 0 Å². The van der Waals surface area contributed by atoms with E-state index in [0.29, 0.717) is 11.7 Å². The highest BCUT2D eigenvalue weighted by Crippen LogP contribution is 2.28. The number of aromatic nitrogens is 2. The van der Waals surface area contributed by atoms with Crippen molar-refractivity contribution < 1.29 is 0 Å². The van der Waals surface area contributed by atoms with Crippen LogP contribution in [0.2, 0.25) is 0 Å². The molecule has 0 radical (unpaired) electrons. The summed E-state index contributed by atoms with van der Waals surface area (Å²) in [4.78, 5) is 8.95. The molecular weight excluding hydrogens is 248 g/mol. The Morgan fingerprint density at radius 2 is 1.95 bits per heavy atom. The molecule has 1 heterocycles. The van der Waals surface area contributed by atoms with Gasteiger partial charge in [-0.2, -0.15) is 0 Å². The van der Waals surface area contributed by atoms with Gasteiger partial charge >= 0.3 is 0 Å². The summed E-state index contributed by atoms with van der Waals surface area (Å²) < 4.78 is 0. The van der Waals surface area contributed by atoms with Crippen LogP contribution in [-0.2, 0) is 0 Å². The summed E-state index contributed by atoms with van der Waals surface area (Å²) in [6.45, 7) is 7.14. The Balaban J connectivity index is 1.87. The van der Waals surface area contributed by atoms with Crippen LogP contribution in [-0.4, -0.2) is 16.5 Å². The molecule has 4 nitrogen and oxygen atoms in total. The van der Waals surface area contributed by atoms with Crippen molar-refractivity contribution in [1.29, 1.82) is 0 Å². The van der Waals surface area contributed by atoms with Crippen LogP contribution in [0.4, 0.5) is 11.6 Å². The monoisotopic (exact) mass is 276 g/mol. The van der Waals surface area contributed by atoms with E-state index in [-0.39, 0.29) is 0 Å².